The van der Waals surface area contributed by atoms with E-state index in [2.05, 4.69) is 15.6 Å². The van der Waals surface area contributed by atoms with Gasteiger partial charge in [0.2, 0.25) is 10.0 Å². The summed E-state index contributed by atoms with van der Waals surface area (Å²) in [5.74, 6) is 0.359. The summed E-state index contributed by atoms with van der Waals surface area (Å²) in [6.45, 7) is 5.20. The molecule has 1 atom stereocenters. The topological polar surface area (TPSA) is 118 Å². The molecular formula is C19H25N3O5S2. The smallest absolute Gasteiger partial charge is 0.273 e. The predicted octanol–water partition coefficient (Wildman–Crippen LogP) is 2.07. The maximum Gasteiger partial charge on any atom is 0.273 e. The largest absolute Gasteiger partial charge is 0.466 e. The summed E-state index contributed by atoms with van der Waals surface area (Å²) >= 11 is 1.48. The number of benzene rings is 1. The molecule has 0 aliphatic carbocycles. The number of rotatable bonds is 8. The molecule has 29 heavy (non-hydrogen) atoms. The number of carbonyl (C=O) groups excluding carboxylic acids is 2. The molecule has 0 unspecified atom stereocenters. The van der Waals surface area contributed by atoms with Crippen LogP contribution in [0.4, 0.5) is 0 Å². The van der Waals surface area contributed by atoms with E-state index >= 15 is 0 Å². The summed E-state index contributed by atoms with van der Waals surface area (Å²) in [5, 5.41) is 0. The van der Waals surface area contributed by atoms with Gasteiger partial charge in [-0.3, -0.25) is 20.4 Å². The van der Waals surface area contributed by atoms with E-state index in [1.807, 2.05) is 13.2 Å². The lowest BCUT2D eigenvalue weighted by molar-refractivity contribution is -0.123. The van der Waals surface area contributed by atoms with Gasteiger partial charge >= 0.3 is 0 Å². The van der Waals surface area contributed by atoms with Crippen molar-refractivity contribution in [3.8, 4) is 0 Å². The zero-order valence-electron chi connectivity index (χ0n) is 16.7. The van der Waals surface area contributed by atoms with Crippen molar-refractivity contribution < 1.29 is 22.4 Å². The second-order valence-electron chi connectivity index (χ2n) is 6.54. The second kappa shape index (κ2) is 9.95. The minimum Gasteiger partial charge on any atom is -0.466 e. The van der Waals surface area contributed by atoms with Crippen LogP contribution in [0.5, 0.6) is 0 Å². The van der Waals surface area contributed by atoms with Gasteiger partial charge < -0.3 is 4.42 Å². The molecule has 0 saturated carbocycles. The fraction of sp³-hybridized carbons (Fsp3) is 0.368. The molecule has 2 amide bonds. The Bertz CT molecular complexity index is 968. The van der Waals surface area contributed by atoms with Crippen LogP contribution in [0.25, 0.3) is 0 Å². The molecule has 2 rings (SSSR count). The molecule has 1 heterocycles. The molecule has 0 saturated heterocycles. The number of hydrogen-bond acceptors (Lipinski definition) is 6. The third-order valence-electron chi connectivity index (χ3n) is 4.14. The second-order valence-corrected chi connectivity index (χ2v) is 9.24. The predicted molar refractivity (Wildman–Crippen MR) is 112 cm³/mol. The summed E-state index contributed by atoms with van der Waals surface area (Å²) in [6, 6.07) is 6.84. The van der Waals surface area contributed by atoms with Crippen molar-refractivity contribution in [3.05, 3.63) is 53.0 Å². The van der Waals surface area contributed by atoms with Crippen LogP contribution in [-0.2, 0) is 14.8 Å². The minimum absolute atomic E-state index is 0.0681. The summed E-state index contributed by atoms with van der Waals surface area (Å²) in [4.78, 5) is 24.9. The number of aryl methyl sites for hydroxylation is 3. The lowest BCUT2D eigenvalue weighted by Gasteiger charge is -2.18. The maximum atomic E-state index is 12.6. The summed E-state index contributed by atoms with van der Waals surface area (Å²) in [7, 11) is -3.89. The number of furan rings is 1. The molecule has 8 nitrogen and oxygen atoms in total. The highest BCUT2D eigenvalue weighted by atomic mass is 32.2. The van der Waals surface area contributed by atoms with E-state index in [-0.39, 0.29) is 11.3 Å². The summed E-state index contributed by atoms with van der Waals surface area (Å²) < 4.78 is 33.0. The van der Waals surface area contributed by atoms with Gasteiger partial charge in [-0.2, -0.15) is 16.5 Å². The Kier molecular flexibility index (Phi) is 7.88. The molecule has 1 aromatic heterocycles. The van der Waals surface area contributed by atoms with Crippen LogP contribution >= 0.6 is 11.8 Å². The normalized spacial score (nSPS) is 12.4. The molecule has 0 spiro atoms. The number of amides is 2. The Morgan fingerprint density at radius 2 is 1.76 bits per heavy atom. The van der Waals surface area contributed by atoms with Crippen LogP contribution in [0.3, 0.4) is 0 Å². The number of thioether (sulfide) groups is 1. The molecule has 3 N–H and O–H groups in total. The lowest BCUT2D eigenvalue weighted by atomic mass is 10.2. The van der Waals surface area contributed by atoms with Gasteiger partial charge in [0.25, 0.3) is 11.8 Å². The fourth-order valence-electron chi connectivity index (χ4n) is 2.58. The minimum atomic E-state index is -3.89. The first-order valence-electron chi connectivity index (χ1n) is 8.89. The van der Waals surface area contributed by atoms with Crippen molar-refractivity contribution in [2.45, 2.75) is 38.1 Å². The number of nitrogens with one attached hydrogen (secondary N) is 3. The Morgan fingerprint density at radius 1 is 1.10 bits per heavy atom. The van der Waals surface area contributed by atoms with E-state index < -0.39 is 27.9 Å². The Balaban J connectivity index is 2.08. The van der Waals surface area contributed by atoms with Crippen molar-refractivity contribution in [3.63, 3.8) is 0 Å². The van der Waals surface area contributed by atoms with Crippen LogP contribution in [0.1, 0.15) is 33.9 Å². The zero-order chi connectivity index (χ0) is 21.6. The van der Waals surface area contributed by atoms with Gasteiger partial charge in [0.15, 0.2) is 0 Å². The lowest BCUT2D eigenvalue weighted by Crippen LogP contribution is -2.52. The number of sulfonamides is 1. The summed E-state index contributed by atoms with van der Waals surface area (Å²) in [6.07, 6.45) is 2.12. The standard InChI is InChI=1S/C19H25N3O5S2/c1-12-5-7-15(8-6-12)29(25,26)22-17(9-10-28-4)19(24)21-20-18(23)16-11-13(2)27-14(16)3/h5-8,11,17,22H,9-10H2,1-4H3,(H,20,23)(H,21,24)/t17-/m0/s1. The third-order valence-corrected chi connectivity index (χ3v) is 6.27. The van der Waals surface area contributed by atoms with Gasteiger partial charge in [-0.25, -0.2) is 8.42 Å². The van der Waals surface area contributed by atoms with Gasteiger partial charge in [0, 0.05) is 0 Å². The fourth-order valence-corrected chi connectivity index (χ4v) is 4.28. The van der Waals surface area contributed by atoms with Crippen LogP contribution in [0, 0.1) is 20.8 Å². The van der Waals surface area contributed by atoms with Gasteiger partial charge in [0.05, 0.1) is 10.5 Å². The van der Waals surface area contributed by atoms with Crippen LogP contribution < -0.4 is 15.6 Å². The molecule has 0 aliphatic rings. The van der Waals surface area contributed by atoms with Crippen molar-refractivity contribution in [2.24, 2.45) is 0 Å². The van der Waals surface area contributed by atoms with Crippen molar-refractivity contribution in [1.29, 1.82) is 0 Å². The number of hydrazine groups is 1. The van der Waals surface area contributed by atoms with E-state index in [9.17, 15) is 18.0 Å². The number of carbonyl (C=O) groups is 2. The zero-order valence-corrected chi connectivity index (χ0v) is 18.4. The highest BCUT2D eigenvalue weighted by Crippen LogP contribution is 2.14. The van der Waals surface area contributed by atoms with Gasteiger partial charge in [0.1, 0.15) is 17.6 Å². The maximum absolute atomic E-state index is 12.6. The van der Waals surface area contributed by atoms with Crippen LogP contribution in [0.15, 0.2) is 39.6 Å². The first kappa shape index (κ1) is 23.0. The molecule has 2 aromatic rings. The Hall–Kier alpha value is -2.30. The average molecular weight is 440 g/mol. The third kappa shape index (κ3) is 6.34. The first-order valence-corrected chi connectivity index (χ1v) is 11.8. The first-order chi connectivity index (χ1) is 13.6. The Labute approximate surface area is 174 Å². The van der Waals surface area contributed by atoms with E-state index in [0.717, 1.165) is 5.56 Å². The molecular weight excluding hydrogens is 414 g/mol. The Morgan fingerprint density at radius 3 is 2.31 bits per heavy atom. The van der Waals surface area contributed by atoms with Gasteiger partial charge in [-0.05, 0) is 57.4 Å². The molecule has 158 valence electrons. The molecule has 0 aliphatic heterocycles. The average Bonchev–Trinajstić information content (AvgIpc) is 3.01. The molecule has 0 radical (unpaired) electrons. The van der Waals surface area contributed by atoms with E-state index in [1.54, 1.807) is 32.0 Å². The van der Waals surface area contributed by atoms with E-state index in [0.29, 0.717) is 22.8 Å². The SMILES string of the molecule is CSCC[C@H](NS(=O)(=O)c1ccc(C)cc1)C(=O)NNC(=O)c1cc(C)oc1C. The van der Waals surface area contributed by atoms with Gasteiger partial charge in [-0.15, -0.1) is 0 Å². The van der Waals surface area contributed by atoms with Crippen molar-refractivity contribution in [2.75, 3.05) is 12.0 Å². The van der Waals surface area contributed by atoms with Crippen LogP contribution in [-0.4, -0.2) is 38.3 Å². The van der Waals surface area contributed by atoms with E-state index in [4.69, 9.17) is 4.42 Å². The van der Waals surface area contributed by atoms with Crippen molar-refractivity contribution >= 4 is 33.6 Å². The molecule has 10 heteroatoms. The monoisotopic (exact) mass is 439 g/mol. The van der Waals surface area contributed by atoms with Gasteiger partial charge in [-0.1, -0.05) is 17.7 Å². The summed E-state index contributed by atoms with van der Waals surface area (Å²) in [5.41, 5.74) is 5.82. The number of hydrogen-bond donors (Lipinski definition) is 3. The van der Waals surface area contributed by atoms with E-state index in [1.165, 1.54) is 23.9 Å². The quantitative estimate of drug-likeness (QED) is 0.542. The highest BCUT2D eigenvalue weighted by Gasteiger charge is 2.26. The molecule has 0 bridgehead atoms. The van der Waals surface area contributed by atoms with Crippen LogP contribution in [0.2, 0.25) is 0 Å². The molecule has 0 fully saturated rings. The molecule has 1 aromatic carbocycles. The highest BCUT2D eigenvalue weighted by molar-refractivity contribution is 7.98. The van der Waals surface area contributed by atoms with Crippen molar-refractivity contribution in [1.82, 2.24) is 15.6 Å².